The zero-order valence-corrected chi connectivity index (χ0v) is 17.7. The van der Waals surface area contributed by atoms with Crippen LogP contribution in [0.2, 0.25) is 0 Å². The van der Waals surface area contributed by atoms with Crippen LogP contribution >= 0.6 is 11.8 Å². The van der Waals surface area contributed by atoms with E-state index >= 15 is 0 Å². The molecular formula is C23H24FN3O2S. The van der Waals surface area contributed by atoms with Gasteiger partial charge in [0.05, 0.1) is 17.6 Å². The minimum absolute atomic E-state index is 0.0960. The molecule has 1 spiro atoms. The van der Waals surface area contributed by atoms with Gasteiger partial charge in [-0.05, 0) is 63.2 Å². The van der Waals surface area contributed by atoms with Crippen LogP contribution in [0.15, 0.2) is 48.5 Å². The number of fused-ring (bicyclic) bond motifs is 2. The summed E-state index contributed by atoms with van der Waals surface area (Å²) in [4.78, 5) is 31.8. The minimum atomic E-state index is -1.15. The Labute approximate surface area is 179 Å². The maximum absolute atomic E-state index is 14.0. The first-order valence-electron chi connectivity index (χ1n) is 10.4. The average molecular weight is 426 g/mol. The Morgan fingerprint density at radius 1 is 1.03 bits per heavy atom. The third kappa shape index (κ3) is 2.87. The molecule has 3 heterocycles. The molecule has 0 aromatic heterocycles. The van der Waals surface area contributed by atoms with Crippen molar-refractivity contribution < 1.29 is 14.0 Å². The highest BCUT2D eigenvalue weighted by Crippen LogP contribution is 2.57. The Bertz CT molecular complexity index is 992. The number of hydrogen-bond acceptors (Lipinski definition) is 4. The van der Waals surface area contributed by atoms with Gasteiger partial charge in [-0.25, -0.2) is 4.39 Å². The molecule has 5 rings (SSSR count). The quantitative estimate of drug-likeness (QED) is 0.747. The molecule has 2 aromatic rings. The van der Waals surface area contributed by atoms with Crippen molar-refractivity contribution in [3.63, 3.8) is 0 Å². The van der Waals surface area contributed by atoms with Gasteiger partial charge >= 0.3 is 0 Å². The Hall–Kier alpha value is -2.38. The van der Waals surface area contributed by atoms with Crippen LogP contribution in [0.4, 0.5) is 15.8 Å². The first-order valence-corrected chi connectivity index (χ1v) is 11.3. The molecule has 0 unspecified atom stereocenters. The van der Waals surface area contributed by atoms with Crippen LogP contribution in [0, 0.1) is 5.82 Å². The molecule has 0 radical (unpaired) electrons. The van der Waals surface area contributed by atoms with E-state index in [1.807, 2.05) is 36.1 Å². The Balaban J connectivity index is 1.61. The van der Waals surface area contributed by atoms with Gasteiger partial charge in [0.1, 0.15) is 5.82 Å². The second kappa shape index (κ2) is 7.39. The number of benzene rings is 2. The zero-order chi connectivity index (χ0) is 20.9. The van der Waals surface area contributed by atoms with Crippen molar-refractivity contribution >= 4 is 35.0 Å². The molecule has 30 heavy (non-hydrogen) atoms. The lowest BCUT2D eigenvalue weighted by Crippen LogP contribution is -2.52. The molecule has 2 aromatic carbocycles. The summed E-state index contributed by atoms with van der Waals surface area (Å²) >= 11 is 1.38. The molecule has 0 bridgehead atoms. The highest BCUT2D eigenvalue weighted by molar-refractivity contribution is 8.03. The van der Waals surface area contributed by atoms with Crippen molar-refractivity contribution in [2.75, 3.05) is 29.6 Å². The fourth-order valence-electron chi connectivity index (χ4n) is 4.77. The van der Waals surface area contributed by atoms with Crippen molar-refractivity contribution in [1.82, 2.24) is 4.90 Å². The summed E-state index contributed by atoms with van der Waals surface area (Å²) in [6.07, 6.45) is 3.51. The predicted molar refractivity (Wildman–Crippen MR) is 117 cm³/mol. The largest absolute Gasteiger partial charge is 0.295 e. The Kier molecular flexibility index (Phi) is 4.82. The molecule has 2 amide bonds. The summed E-state index contributed by atoms with van der Waals surface area (Å²) in [5, 5.41) is -0.373. The number of amides is 2. The lowest BCUT2D eigenvalue weighted by atomic mass is 10.0. The van der Waals surface area contributed by atoms with Crippen LogP contribution in [-0.2, 0) is 14.5 Å². The smallest absolute Gasteiger partial charge is 0.269 e. The predicted octanol–water partition coefficient (Wildman–Crippen LogP) is 3.94. The van der Waals surface area contributed by atoms with Crippen LogP contribution < -0.4 is 9.80 Å². The molecule has 5 nitrogen and oxygen atoms in total. The van der Waals surface area contributed by atoms with Gasteiger partial charge in [0.2, 0.25) is 10.8 Å². The third-order valence-electron chi connectivity index (χ3n) is 6.20. The number of hydrogen-bond donors (Lipinski definition) is 0. The third-order valence-corrected chi connectivity index (χ3v) is 7.67. The second-order valence-corrected chi connectivity index (χ2v) is 9.66. The maximum atomic E-state index is 14.0. The number of piperidine rings is 1. The molecule has 7 heteroatoms. The topological polar surface area (TPSA) is 43.9 Å². The van der Waals surface area contributed by atoms with Crippen molar-refractivity contribution in [2.24, 2.45) is 0 Å². The van der Waals surface area contributed by atoms with E-state index in [0.29, 0.717) is 12.4 Å². The number of carbonyl (C=O) groups is 2. The highest BCUT2D eigenvalue weighted by atomic mass is 32.2. The summed E-state index contributed by atoms with van der Waals surface area (Å²) in [5.74, 6) is -0.596. The first-order chi connectivity index (χ1) is 14.5. The van der Waals surface area contributed by atoms with Crippen molar-refractivity contribution in [3.05, 3.63) is 59.9 Å². The van der Waals surface area contributed by atoms with E-state index in [0.717, 1.165) is 37.2 Å². The fourth-order valence-corrected chi connectivity index (χ4v) is 6.30. The van der Waals surface area contributed by atoms with Gasteiger partial charge in [0.25, 0.3) is 5.91 Å². The molecule has 3 aliphatic heterocycles. The zero-order valence-electron chi connectivity index (χ0n) is 16.9. The molecule has 0 saturated carbocycles. The highest BCUT2D eigenvalue weighted by Gasteiger charge is 2.63. The van der Waals surface area contributed by atoms with E-state index < -0.39 is 4.87 Å². The summed E-state index contributed by atoms with van der Waals surface area (Å²) in [6.45, 7) is 4.31. The molecule has 3 aliphatic rings. The van der Waals surface area contributed by atoms with Gasteiger partial charge < -0.3 is 0 Å². The summed E-state index contributed by atoms with van der Waals surface area (Å²) in [7, 11) is 0. The van der Waals surface area contributed by atoms with Crippen LogP contribution in [0.1, 0.15) is 31.7 Å². The number of halogens is 1. The number of likely N-dealkylation sites (tertiary alicyclic amines) is 1. The Morgan fingerprint density at radius 2 is 1.73 bits per heavy atom. The number of thioether (sulfide) groups is 1. The van der Waals surface area contributed by atoms with E-state index in [1.54, 1.807) is 17.0 Å². The number of rotatable bonds is 3. The molecule has 2 saturated heterocycles. The van der Waals surface area contributed by atoms with Gasteiger partial charge in [-0.1, -0.05) is 24.6 Å². The van der Waals surface area contributed by atoms with Crippen molar-refractivity contribution in [2.45, 2.75) is 36.3 Å². The minimum Gasteiger partial charge on any atom is -0.295 e. The van der Waals surface area contributed by atoms with Crippen LogP contribution in [-0.4, -0.2) is 41.7 Å². The van der Waals surface area contributed by atoms with Gasteiger partial charge in [-0.2, -0.15) is 0 Å². The van der Waals surface area contributed by atoms with E-state index in [9.17, 15) is 14.0 Å². The van der Waals surface area contributed by atoms with Gasteiger partial charge in [0.15, 0.2) is 0 Å². The van der Waals surface area contributed by atoms with E-state index in [1.165, 1.54) is 30.3 Å². The molecule has 2 fully saturated rings. The van der Waals surface area contributed by atoms with Crippen molar-refractivity contribution in [3.8, 4) is 0 Å². The monoisotopic (exact) mass is 425 g/mol. The normalized spacial score (nSPS) is 26.7. The van der Waals surface area contributed by atoms with Gasteiger partial charge in [-0.3, -0.25) is 24.3 Å². The molecule has 2 atom stereocenters. The average Bonchev–Trinajstić information content (AvgIpc) is 3.16. The SMILES string of the molecule is C[C@H]1S[C@]2(C(=O)N(CN3CCCCC3)c3ccccc32)N(c2ccc(F)cc2)C1=O. The lowest BCUT2D eigenvalue weighted by Gasteiger charge is -2.35. The van der Waals surface area contributed by atoms with Gasteiger partial charge in [-0.15, -0.1) is 11.8 Å². The van der Waals surface area contributed by atoms with E-state index in [4.69, 9.17) is 0 Å². The van der Waals surface area contributed by atoms with Crippen molar-refractivity contribution in [1.29, 1.82) is 0 Å². The summed E-state index contributed by atoms with van der Waals surface area (Å²) < 4.78 is 13.6. The fraction of sp³-hybridized carbons (Fsp3) is 0.391. The molecule has 0 N–H and O–H groups in total. The first kappa shape index (κ1) is 19.6. The van der Waals surface area contributed by atoms with Crippen LogP contribution in [0.5, 0.6) is 0 Å². The number of carbonyl (C=O) groups excluding carboxylic acids is 2. The van der Waals surface area contributed by atoms with Gasteiger partial charge in [0, 0.05) is 11.3 Å². The summed E-state index contributed by atoms with van der Waals surface area (Å²) in [6, 6.07) is 13.6. The molecule has 156 valence electrons. The number of para-hydroxylation sites is 1. The van der Waals surface area contributed by atoms with Crippen LogP contribution in [0.25, 0.3) is 0 Å². The second-order valence-electron chi connectivity index (χ2n) is 8.12. The summed E-state index contributed by atoms with van der Waals surface area (Å²) in [5.41, 5.74) is 2.23. The molecular weight excluding hydrogens is 401 g/mol. The van der Waals surface area contributed by atoms with Crippen LogP contribution in [0.3, 0.4) is 0 Å². The lowest BCUT2D eigenvalue weighted by molar-refractivity contribution is -0.124. The number of nitrogens with zero attached hydrogens (tertiary/aromatic N) is 3. The van der Waals surface area contributed by atoms with E-state index in [2.05, 4.69) is 4.90 Å². The number of anilines is 2. The standard InChI is InChI=1S/C23H24FN3O2S/c1-16-21(28)27(18-11-9-17(24)10-12-18)23(30-16)19-7-3-4-8-20(19)26(22(23)29)15-25-13-5-2-6-14-25/h3-4,7-12,16H,2,5-6,13-15H2,1H3/t16-,23-/m1/s1. The molecule has 0 aliphatic carbocycles. The van der Waals surface area contributed by atoms with E-state index in [-0.39, 0.29) is 22.9 Å². The maximum Gasteiger partial charge on any atom is 0.269 e. The Morgan fingerprint density at radius 3 is 2.47 bits per heavy atom.